The predicted molar refractivity (Wildman–Crippen MR) is 89.3 cm³/mol. The maximum Gasteiger partial charge on any atom is 0.326 e. The van der Waals surface area contributed by atoms with Gasteiger partial charge >= 0.3 is 11.9 Å². The van der Waals surface area contributed by atoms with E-state index in [9.17, 15) is 28.8 Å². The van der Waals surface area contributed by atoms with Crippen LogP contribution in [0.1, 0.15) is 31.2 Å². The lowest BCUT2D eigenvalue weighted by molar-refractivity contribution is -0.169. The number of nitrogens with zero attached hydrogens (tertiary/aromatic N) is 1. The van der Waals surface area contributed by atoms with E-state index in [1.54, 1.807) is 12.1 Å². The molecule has 0 saturated carbocycles. The minimum Gasteiger partial charge on any atom is -0.481 e. The number of carboxylic acid groups (broad SMARTS) is 2. The summed E-state index contributed by atoms with van der Waals surface area (Å²) in [7, 11) is 0. The summed E-state index contributed by atoms with van der Waals surface area (Å²) in [5, 5.41) is 29.4. The van der Waals surface area contributed by atoms with Gasteiger partial charge in [-0.2, -0.15) is 0 Å². The van der Waals surface area contributed by atoms with Crippen LogP contribution in [0.15, 0.2) is 24.3 Å². The highest BCUT2D eigenvalue weighted by Gasteiger charge is 2.23. The molecule has 0 unspecified atom stereocenters. The van der Waals surface area contributed by atoms with Gasteiger partial charge in [-0.05, 0) is 37.0 Å². The Labute approximate surface area is 154 Å². The molecule has 148 valence electrons. The maximum atomic E-state index is 12.8. The SMILES string of the molecule is O=C(O)CC[C@H](NC(=O)CN(O)C(=O)CCCc1ccc(F)cc1)C(=O)O. The Bertz CT molecular complexity index is 678. The van der Waals surface area contributed by atoms with Gasteiger partial charge in [0, 0.05) is 12.8 Å². The van der Waals surface area contributed by atoms with Crippen LogP contribution in [0.3, 0.4) is 0 Å². The van der Waals surface area contributed by atoms with E-state index >= 15 is 0 Å². The number of carbonyl (C=O) groups is 4. The number of carboxylic acids is 2. The van der Waals surface area contributed by atoms with Gasteiger partial charge in [-0.3, -0.25) is 19.6 Å². The number of nitrogens with one attached hydrogen (secondary N) is 1. The fraction of sp³-hybridized carbons (Fsp3) is 0.412. The summed E-state index contributed by atoms with van der Waals surface area (Å²) < 4.78 is 12.8. The lowest BCUT2D eigenvalue weighted by Gasteiger charge is -2.17. The van der Waals surface area contributed by atoms with E-state index in [-0.39, 0.29) is 23.7 Å². The zero-order chi connectivity index (χ0) is 20.4. The highest BCUT2D eigenvalue weighted by molar-refractivity contribution is 5.87. The summed E-state index contributed by atoms with van der Waals surface area (Å²) in [6.07, 6.45) is -0.0137. The third-order valence-electron chi connectivity index (χ3n) is 3.63. The van der Waals surface area contributed by atoms with Crippen molar-refractivity contribution in [3.63, 3.8) is 0 Å². The lowest BCUT2D eigenvalue weighted by Crippen LogP contribution is -2.46. The number of hydrogen-bond donors (Lipinski definition) is 4. The van der Waals surface area contributed by atoms with Gasteiger partial charge < -0.3 is 15.5 Å². The normalized spacial score (nSPS) is 11.5. The van der Waals surface area contributed by atoms with Crippen molar-refractivity contribution in [1.82, 2.24) is 10.4 Å². The molecule has 0 aliphatic rings. The van der Waals surface area contributed by atoms with Crippen molar-refractivity contribution in [2.45, 2.75) is 38.1 Å². The Morgan fingerprint density at radius 3 is 2.26 bits per heavy atom. The molecular weight excluding hydrogens is 363 g/mol. The highest BCUT2D eigenvalue weighted by Crippen LogP contribution is 2.08. The number of aliphatic carboxylic acids is 2. The quantitative estimate of drug-likeness (QED) is 0.326. The Kier molecular flexibility index (Phi) is 8.86. The molecule has 0 heterocycles. The molecule has 0 spiro atoms. The Hall–Kier alpha value is -3.01. The molecule has 9 nitrogen and oxygen atoms in total. The van der Waals surface area contributed by atoms with Crippen LogP contribution in [0.5, 0.6) is 0 Å². The number of hydroxylamine groups is 2. The number of benzene rings is 1. The minimum absolute atomic E-state index is 0.0669. The van der Waals surface area contributed by atoms with E-state index in [2.05, 4.69) is 5.32 Å². The summed E-state index contributed by atoms with van der Waals surface area (Å²) in [4.78, 5) is 45.0. The van der Waals surface area contributed by atoms with Gasteiger partial charge in [0.1, 0.15) is 18.4 Å². The van der Waals surface area contributed by atoms with Gasteiger partial charge in [-0.25, -0.2) is 14.2 Å². The summed E-state index contributed by atoms with van der Waals surface area (Å²) >= 11 is 0. The molecule has 1 aromatic carbocycles. The molecule has 1 aromatic rings. The van der Waals surface area contributed by atoms with Gasteiger partial charge in [-0.15, -0.1) is 0 Å². The van der Waals surface area contributed by atoms with Crippen LogP contribution < -0.4 is 5.32 Å². The largest absolute Gasteiger partial charge is 0.481 e. The molecule has 27 heavy (non-hydrogen) atoms. The van der Waals surface area contributed by atoms with Gasteiger partial charge in [0.2, 0.25) is 11.8 Å². The van der Waals surface area contributed by atoms with E-state index in [0.717, 1.165) is 5.56 Å². The second-order valence-electron chi connectivity index (χ2n) is 5.82. The van der Waals surface area contributed by atoms with Crippen molar-refractivity contribution in [1.29, 1.82) is 0 Å². The molecule has 4 N–H and O–H groups in total. The third-order valence-corrected chi connectivity index (χ3v) is 3.63. The van der Waals surface area contributed by atoms with Gasteiger partial charge in [0.05, 0.1) is 0 Å². The monoisotopic (exact) mass is 384 g/mol. The number of aryl methyl sites for hydroxylation is 1. The van der Waals surface area contributed by atoms with Gasteiger partial charge in [0.25, 0.3) is 0 Å². The van der Waals surface area contributed by atoms with Crippen LogP contribution in [0, 0.1) is 5.82 Å². The lowest BCUT2D eigenvalue weighted by atomic mass is 10.1. The van der Waals surface area contributed by atoms with E-state index < -0.39 is 42.8 Å². The first-order chi connectivity index (χ1) is 12.7. The molecular formula is C17H21FN2O7. The average molecular weight is 384 g/mol. The average Bonchev–Trinajstić information content (AvgIpc) is 2.59. The van der Waals surface area contributed by atoms with Gasteiger partial charge in [-0.1, -0.05) is 12.1 Å². The van der Waals surface area contributed by atoms with E-state index in [0.29, 0.717) is 12.8 Å². The Morgan fingerprint density at radius 2 is 1.70 bits per heavy atom. The number of halogens is 1. The van der Waals surface area contributed by atoms with Crippen LogP contribution in [0.25, 0.3) is 0 Å². The van der Waals surface area contributed by atoms with Crippen molar-refractivity contribution < 1.29 is 39.0 Å². The zero-order valence-electron chi connectivity index (χ0n) is 14.4. The van der Waals surface area contributed by atoms with Crippen LogP contribution in [0.4, 0.5) is 4.39 Å². The van der Waals surface area contributed by atoms with Crippen LogP contribution in [0.2, 0.25) is 0 Å². The molecule has 0 aliphatic heterocycles. The van der Waals surface area contributed by atoms with Crippen molar-refractivity contribution in [2.24, 2.45) is 0 Å². The minimum atomic E-state index is -1.43. The van der Waals surface area contributed by atoms with Crippen LogP contribution in [-0.4, -0.2) is 56.8 Å². The van der Waals surface area contributed by atoms with E-state index in [1.165, 1.54) is 12.1 Å². The molecule has 10 heteroatoms. The van der Waals surface area contributed by atoms with E-state index in [4.69, 9.17) is 10.2 Å². The predicted octanol–water partition coefficient (Wildman–Crippen LogP) is 0.800. The summed E-state index contributed by atoms with van der Waals surface area (Å²) in [6, 6.07) is 4.31. The van der Waals surface area contributed by atoms with Crippen molar-refractivity contribution in [2.75, 3.05) is 6.54 Å². The molecule has 1 rings (SSSR count). The summed E-state index contributed by atoms with van der Waals surface area (Å²) in [5.41, 5.74) is 0.814. The van der Waals surface area contributed by atoms with E-state index in [1.807, 2.05) is 0 Å². The topological polar surface area (TPSA) is 144 Å². The smallest absolute Gasteiger partial charge is 0.326 e. The standard InChI is InChI=1S/C17H21FN2O7/c18-12-6-4-11(5-7-12)2-1-3-15(22)20(27)10-14(21)19-13(17(25)26)8-9-16(23)24/h4-7,13,27H,1-3,8-10H2,(H,19,21)(H,23,24)(H,25,26)/t13-/m0/s1. The molecule has 1 atom stereocenters. The first-order valence-corrected chi connectivity index (χ1v) is 8.16. The molecule has 0 aliphatic carbocycles. The Morgan fingerprint density at radius 1 is 1.07 bits per heavy atom. The fourth-order valence-corrected chi connectivity index (χ4v) is 2.21. The molecule has 0 radical (unpaired) electrons. The second-order valence-corrected chi connectivity index (χ2v) is 5.82. The third kappa shape index (κ3) is 8.77. The number of hydrogen-bond acceptors (Lipinski definition) is 5. The van der Waals surface area contributed by atoms with Gasteiger partial charge in [0.15, 0.2) is 0 Å². The number of amides is 2. The van der Waals surface area contributed by atoms with Crippen LogP contribution in [-0.2, 0) is 25.6 Å². The summed E-state index contributed by atoms with van der Waals surface area (Å²) in [5.74, 6) is -4.66. The maximum absolute atomic E-state index is 12.8. The van der Waals surface area contributed by atoms with Crippen molar-refractivity contribution >= 4 is 23.8 Å². The molecule has 0 aromatic heterocycles. The molecule has 0 fully saturated rings. The van der Waals surface area contributed by atoms with Crippen molar-refractivity contribution in [3.05, 3.63) is 35.6 Å². The molecule has 0 saturated heterocycles. The second kappa shape index (κ2) is 10.9. The number of carbonyl (C=O) groups excluding carboxylic acids is 2. The fourth-order valence-electron chi connectivity index (χ4n) is 2.21. The molecule has 2 amide bonds. The summed E-state index contributed by atoms with van der Waals surface area (Å²) in [6.45, 7) is -0.772. The molecule has 0 bridgehead atoms. The van der Waals surface area contributed by atoms with Crippen LogP contribution >= 0.6 is 0 Å². The first-order valence-electron chi connectivity index (χ1n) is 8.16. The Balaban J connectivity index is 2.39. The zero-order valence-corrected chi connectivity index (χ0v) is 14.4. The number of rotatable bonds is 11. The van der Waals surface area contributed by atoms with Crippen molar-refractivity contribution in [3.8, 4) is 0 Å². The first kappa shape index (κ1) is 22.0. The highest BCUT2D eigenvalue weighted by atomic mass is 19.1.